The van der Waals surface area contributed by atoms with Crippen LogP contribution in [0.15, 0.2) is 30.3 Å². The number of rotatable bonds is 3. The number of hydrogen-bond donors (Lipinski definition) is 0. The molecule has 2 aromatic rings. The van der Waals surface area contributed by atoms with Crippen LogP contribution < -0.4 is 4.74 Å². The first-order valence-electron chi connectivity index (χ1n) is 5.88. The molecule has 0 fully saturated rings. The van der Waals surface area contributed by atoms with Crippen LogP contribution in [0.3, 0.4) is 0 Å². The summed E-state index contributed by atoms with van der Waals surface area (Å²) in [6.07, 6.45) is 0. The zero-order chi connectivity index (χ0) is 13.1. The maximum atomic E-state index is 5.82. The Balaban J connectivity index is 2.29. The van der Waals surface area contributed by atoms with Crippen LogP contribution in [0.25, 0.3) is 0 Å². The SMILES string of the molecule is Cc1cccc(Oc2ccc(CCl)c(C)n2)c1C. The monoisotopic (exact) mass is 261 g/mol. The molecule has 3 heteroatoms. The molecule has 1 aromatic carbocycles. The molecule has 1 aromatic heterocycles. The maximum absolute atomic E-state index is 5.82. The first kappa shape index (κ1) is 12.9. The van der Waals surface area contributed by atoms with Gasteiger partial charge in [0.1, 0.15) is 5.75 Å². The highest BCUT2D eigenvalue weighted by molar-refractivity contribution is 6.17. The molecule has 18 heavy (non-hydrogen) atoms. The Kier molecular flexibility index (Phi) is 3.87. The van der Waals surface area contributed by atoms with Crippen LogP contribution >= 0.6 is 11.6 Å². The van der Waals surface area contributed by atoms with Gasteiger partial charge in [-0.05, 0) is 43.5 Å². The van der Waals surface area contributed by atoms with Crippen LogP contribution in [0.5, 0.6) is 11.6 Å². The summed E-state index contributed by atoms with van der Waals surface area (Å²) < 4.78 is 5.82. The normalized spacial score (nSPS) is 10.4. The lowest BCUT2D eigenvalue weighted by Crippen LogP contribution is -1.95. The van der Waals surface area contributed by atoms with Crippen molar-refractivity contribution in [2.24, 2.45) is 0 Å². The van der Waals surface area contributed by atoms with E-state index in [1.807, 2.05) is 38.1 Å². The van der Waals surface area contributed by atoms with Crippen LogP contribution in [0.2, 0.25) is 0 Å². The zero-order valence-corrected chi connectivity index (χ0v) is 11.6. The Bertz CT molecular complexity index is 566. The van der Waals surface area contributed by atoms with Gasteiger partial charge in [-0.2, -0.15) is 0 Å². The number of nitrogens with zero attached hydrogens (tertiary/aromatic N) is 1. The Morgan fingerprint density at radius 2 is 1.89 bits per heavy atom. The first-order valence-corrected chi connectivity index (χ1v) is 6.42. The Hall–Kier alpha value is -1.54. The number of aryl methyl sites for hydroxylation is 2. The van der Waals surface area contributed by atoms with Crippen molar-refractivity contribution in [2.75, 3.05) is 0 Å². The summed E-state index contributed by atoms with van der Waals surface area (Å²) in [5.41, 5.74) is 4.29. The van der Waals surface area contributed by atoms with Gasteiger partial charge in [0.05, 0.1) is 0 Å². The third-order valence-corrected chi connectivity index (χ3v) is 3.37. The molecule has 0 bridgehead atoms. The van der Waals surface area contributed by atoms with Gasteiger partial charge in [-0.3, -0.25) is 0 Å². The van der Waals surface area contributed by atoms with E-state index in [2.05, 4.69) is 18.0 Å². The number of hydrogen-bond acceptors (Lipinski definition) is 2. The molecule has 1 heterocycles. The second-order valence-electron chi connectivity index (χ2n) is 4.33. The highest BCUT2D eigenvalue weighted by Gasteiger charge is 2.06. The van der Waals surface area contributed by atoms with E-state index in [-0.39, 0.29) is 0 Å². The quantitative estimate of drug-likeness (QED) is 0.757. The first-order chi connectivity index (χ1) is 8.61. The number of alkyl halides is 1. The predicted molar refractivity (Wildman–Crippen MR) is 74.5 cm³/mol. The summed E-state index contributed by atoms with van der Waals surface area (Å²) >= 11 is 5.81. The molecule has 94 valence electrons. The lowest BCUT2D eigenvalue weighted by Gasteiger charge is -2.11. The summed E-state index contributed by atoms with van der Waals surface area (Å²) in [6, 6.07) is 9.81. The highest BCUT2D eigenvalue weighted by Crippen LogP contribution is 2.26. The van der Waals surface area contributed by atoms with Gasteiger partial charge in [0.15, 0.2) is 0 Å². The molecule has 0 saturated heterocycles. The second kappa shape index (κ2) is 5.40. The molecular weight excluding hydrogens is 246 g/mol. The lowest BCUT2D eigenvalue weighted by molar-refractivity contribution is 0.457. The molecule has 0 radical (unpaired) electrons. The van der Waals surface area contributed by atoms with Crippen molar-refractivity contribution in [3.63, 3.8) is 0 Å². The minimum Gasteiger partial charge on any atom is -0.439 e. The molecule has 0 atom stereocenters. The maximum Gasteiger partial charge on any atom is 0.219 e. The number of ether oxygens (including phenoxy) is 1. The summed E-state index contributed by atoms with van der Waals surface area (Å²) in [5.74, 6) is 1.93. The zero-order valence-electron chi connectivity index (χ0n) is 10.8. The van der Waals surface area contributed by atoms with Gasteiger partial charge in [0.25, 0.3) is 0 Å². The van der Waals surface area contributed by atoms with Gasteiger partial charge in [-0.25, -0.2) is 4.98 Å². The minimum atomic E-state index is 0.475. The van der Waals surface area contributed by atoms with Crippen molar-refractivity contribution < 1.29 is 4.74 Å². The molecule has 0 saturated carbocycles. The number of aromatic nitrogens is 1. The molecule has 2 nitrogen and oxygen atoms in total. The molecule has 0 N–H and O–H groups in total. The Morgan fingerprint density at radius 3 is 2.56 bits per heavy atom. The standard InChI is InChI=1S/C15H16ClNO/c1-10-5-4-6-14(11(10)2)18-15-8-7-13(9-16)12(3)17-15/h4-8H,9H2,1-3H3. The largest absolute Gasteiger partial charge is 0.439 e. The van der Waals surface area contributed by atoms with Crippen molar-refractivity contribution >= 4 is 11.6 Å². The van der Waals surface area contributed by atoms with Gasteiger partial charge in [0, 0.05) is 17.6 Å². The number of benzene rings is 1. The average Bonchev–Trinajstić information content (AvgIpc) is 2.35. The fourth-order valence-electron chi connectivity index (χ4n) is 1.71. The van der Waals surface area contributed by atoms with E-state index in [0.29, 0.717) is 11.8 Å². The minimum absolute atomic E-state index is 0.475. The molecular formula is C15H16ClNO. The third-order valence-electron chi connectivity index (χ3n) is 3.08. The molecule has 0 unspecified atom stereocenters. The third kappa shape index (κ3) is 2.65. The number of pyridine rings is 1. The Morgan fingerprint density at radius 1 is 1.11 bits per heavy atom. The van der Waals surface area contributed by atoms with E-state index in [0.717, 1.165) is 22.6 Å². The molecule has 0 aliphatic carbocycles. The predicted octanol–water partition coefficient (Wildman–Crippen LogP) is 4.54. The summed E-state index contributed by atoms with van der Waals surface area (Å²) in [4.78, 5) is 4.40. The van der Waals surface area contributed by atoms with Crippen LogP contribution in [-0.4, -0.2) is 4.98 Å². The highest BCUT2D eigenvalue weighted by atomic mass is 35.5. The van der Waals surface area contributed by atoms with Gasteiger partial charge >= 0.3 is 0 Å². The van der Waals surface area contributed by atoms with Gasteiger partial charge < -0.3 is 4.74 Å². The summed E-state index contributed by atoms with van der Waals surface area (Å²) in [6.45, 7) is 6.05. The molecule has 0 aliphatic heterocycles. The van der Waals surface area contributed by atoms with E-state index < -0.39 is 0 Å². The topological polar surface area (TPSA) is 22.1 Å². The summed E-state index contributed by atoms with van der Waals surface area (Å²) in [7, 11) is 0. The fraction of sp³-hybridized carbons (Fsp3) is 0.267. The molecule has 2 rings (SSSR count). The van der Waals surface area contributed by atoms with Crippen molar-refractivity contribution in [1.29, 1.82) is 0 Å². The van der Waals surface area contributed by atoms with E-state index in [1.54, 1.807) is 0 Å². The smallest absolute Gasteiger partial charge is 0.219 e. The second-order valence-corrected chi connectivity index (χ2v) is 4.60. The van der Waals surface area contributed by atoms with Crippen molar-refractivity contribution in [1.82, 2.24) is 4.98 Å². The van der Waals surface area contributed by atoms with E-state index >= 15 is 0 Å². The van der Waals surface area contributed by atoms with E-state index in [9.17, 15) is 0 Å². The van der Waals surface area contributed by atoms with Crippen molar-refractivity contribution in [3.05, 3.63) is 52.7 Å². The van der Waals surface area contributed by atoms with Gasteiger partial charge in [0.2, 0.25) is 5.88 Å². The van der Waals surface area contributed by atoms with E-state index in [4.69, 9.17) is 16.3 Å². The molecule has 0 aliphatic rings. The number of halogens is 1. The Labute approximate surface area is 113 Å². The molecule has 0 amide bonds. The van der Waals surface area contributed by atoms with Crippen molar-refractivity contribution in [2.45, 2.75) is 26.7 Å². The summed E-state index contributed by atoms with van der Waals surface area (Å²) in [5, 5.41) is 0. The van der Waals surface area contributed by atoms with Crippen LogP contribution in [0.4, 0.5) is 0 Å². The lowest BCUT2D eigenvalue weighted by atomic mass is 10.1. The fourth-order valence-corrected chi connectivity index (χ4v) is 1.99. The van der Waals surface area contributed by atoms with Crippen molar-refractivity contribution in [3.8, 4) is 11.6 Å². The average molecular weight is 262 g/mol. The van der Waals surface area contributed by atoms with Gasteiger partial charge in [-0.15, -0.1) is 11.6 Å². The van der Waals surface area contributed by atoms with Crippen LogP contribution in [0.1, 0.15) is 22.4 Å². The van der Waals surface area contributed by atoms with E-state index in [1.165, 1.54) is 5.56 Å². The van der Waals surface area contributed by atoms with Gasteiger partial charge in [-0.1, -0.05) is 18.2 Å². The van der Waals surface area contributed by atoms with Crippen LogP contribution in [0, 0.1) is 20.8 Å². The van der Waals surface area contributed by atoms with Crippen LogP contribution in [-0.2, 0) is 5.88 Å². The molecule has 0 spiro atoms.